The van der Waals surface area contributed by atoms with Crippen molar-refractivity contribution in [2.24, 2.45) is 5.92 Å². The maximum absolute atomic E-state index is 11.6. The lowest BCUT2D eigenvalue weighted by atomic mass is 10.2. The topological polar surface area (TPSA) is 105 Å². The highest BCUT2D eigenvalue weighted by Gasteiger charge is 2.21. The first-order valence-corrected chi connectivity index (χ1v) is 5.47. The molecule has 7 heteroatoms. The van der Waals surface area contributed by atoms with Crippen LogP contribution in [-0.4, -0.2) is 27.9 Å². The van der Waals surface area contributed by atoms with Gasteiger partial charge in [0.1, 0.15) is 0 Å². The van der Waals surface area contributed by atoms with Crippen molar-refractivity contribution in [3.63, 3.8) is 0 Å². The average molecular weight is 243 g/mol. The number of carboxylic acids is 1. The Morgan fingerprint density at radius 2 is 2.19 bits per heavy atom. The average Bonchev–Trinajstić information content (AvgIpc) is 2.56. The Balaban J connectivity index is 2.81. The van der Waals surface area contributed by atoms with E-state index >= 15 is 0 Å². The molecule has 0 unspecified atom stereocenters. The molecule has 1 amide bonds. The summed E-state index contributed by atoms with van der Waals surface area (Å²) in [4.78, 5) is 22.1. The summed E-state index contributed by atoms with van der Waals surface area (Å²) in [6.07, 6.45) is 0. The molecule has 88 valence electrons. The zero-order valence-corrected chi connectivity index (χ0v) is 9.80. The van der Waals surface area contributed by atoms with Crippen LogP contribution in [0.25, 0.3) is 0 Å². The van der Waals surface area contributed by atoms with Crippen molar-refractivity contribution in [2.45, 2.75) is 13.8 Å². The van der Waals surface area contributed by atoms with E-state index in [2.05, 4.69) is 9.69 Å². The number of rotatable bonds is 4. The standard InChI is InChI=1S/C9H13N3O3S/c1-4(2)3-11-8(13)6-5(10)7(9(14)15)16-12-6/h4H,3,10H2,1-2H3,(H,11,13)(H,14,15). The highest BCUT2D eigenvalue weighted by atomic mass is 32.1. The van der Waals surface area contributed by atoms with Gasteiger partial charge in [0.25, 0.3) is 5.91 Å². The Bertz CT molecular complexity index is 414. The van der Waals surface area contributed by atoms with Crippen LogP contribution in [0.5, 0.6) is 0 Å². The van der Waals surface area contributed by atoms with E-state index in [0.29, 0.717) is 24.0 Å². The summed E-state index contributed by atoms with van der Waals surface area (Å²) in [6, 6.07) is 0. The summed E-state index contributed by atoms with van der Waals surface area (Å²) in [5.74, 6) is -1.30. The largest absolute Gasteiger partial charge is 0.477 e. The van der Waals surface area contributed by atoms with Crippen LogP contribution < -0.4 is 11.1 Å². The van der Waals surface area contributed by atoms with Gasteiger partial charge in [-0.25, -0.2) is 4.79 Å². The number of carbonyl (C=O) groups is 2. The normalized spacial score (nSPS) is 10.4. The highest BCUT2D eigenvalue weighted by molar-refractivity contribution is 7.08. The number of aromatic nitrogens is 1. The molecule has 0 saturated carbocycles. The number of hydrogen-bond acceptors (Lipinski definition) is 5. The fraction of sp³-hybridized carbons (Fsp3) is 0.444. The molecule has 1 heterocycles. The molecule has 16 heavy (non-hydrogen) atoms. The third kappa shape index (κ3) is 2.69. The van der Waals surface area contributed by atoms with Crippen LogP contribution in [0.4, 0.5) is 5.69 Å². The van der Waals surface area contributed by atoms with Gasteiger partial charge >= 0.3 is 5.97 Å². The second-order valence-electron chi connectivity index (χ2n) is 3.68. The number of anilines is 1. The van der Waals surface area contributed by atoms with Crippen molar-refractivity contribution in [1.82, 2.24) is 9.69 Å². The number of nitrogens with zero attached hydrogens (tertiary/aromatic N) is 1. The predicted octanol–water partition coefficient (Wildman–Crippen LogP) is 0.809. The van der Waals surface area contributed by atoms with Crippen LogP contribution in [0.2, 0.25) is 0 Å². The van der Waals surface area contributed by atoms with Gasteiger partial charge in [0.2, 0.25) is 0 Å². The third-order valence-electron chi connectivity index (χ3n) is 1.81. The molecule has 1 aromatic rings. The molecule has 0 aliphatic rings. The second-order valence-corrected chi connectivity index (χ2v) is 4.46. The maximum atomic E-state index is 11.6. The lowest BCUT2D eigenvalue weighted by molar-refractivity contribution is 0.0703. The van der Waals surface area contributed by atoms with Crippen molar-refractivity contribution in [1.29, 1.82) is 0 Å². The van der Waals surface area contributed by atoms with Gasteiger partial charge in [0.15, 0.2) is 10.6 Å². The molecule has 0 aromatic carbocycles. The first-order valence-electron chi connectivity index (χ1n) is 4.70. The summed E-state index contributed by atoms with van der Waals surface area (Å²) >= 11 is 0.711. The SMILES string of the molecule is CC(C)CNC(=O)c1nsc(C(=O)O)c1N. The molecular weight excluding hydrogens is 230 g/mol. The molecule has 4 N–H and O–H groups in total. The smallest absolute Gasteiger partial charge is 0.349 e. The number of nitrogen functional groups attached to an aromatic ring is 1. The molecule has 1 rings (SSSR count). The van der Waals surface area contributed by atoms with Crippen LogP contribution >= 0.6 is 11.5 Å². The van der Waals surface area contributed by atoms with E-state index in [1.165, 1.54) is 0 Å². The molecule has 6 nitrogen and oxygen atoms in total. The third-order valence-corrected chi connectivity index (χ3v) is 2.66. The second kappa shape index (κ2) is 4.93. The number of amides is 1. The van der Waals surface area contributed by atoms with Crippen LogP contribution in [0.1, 0.15) is 34.0 Å². The zero-order chi connectivity index (χ0) is 12.3. The van der Waals surface area contributed by atoms with Crippen LogP contribution in [0.3, 0.4) is 0 Å². The summed E-state index contributed by atoms with van der Waals surface area (Å²) in [6.45, 7) is 4.40. The van der Waals surface area contributed by atoms with Crippen LogP contribution in [-0.2, 0) is 0 Å². The summed E-state index contributed by atoms with van der Waals surface area (Å²) < 4.78 is 3.74. The molecule has 0 fully saturated rings. The number of aromatic carboxylic acids is 1. The zero-order valence-electron chi connectivity index (χ0n) is 8.98. The summed E-state index contributed by atoms with van der Waals surface area (Å²) in [5, 5.41) is 11.4. The van der Waals surface area contributed by atoms with Gasteiger partial charge in [-0.2, -0.15) is 4.37 Å². The summed E-state index contributed by atoms with van der Waals surface area (Å²) in [7, 11) is 0. The first-order chi connectivity index (χ1) is 7.43. The molecule has 0 spiro atoms. The van der Waals surface area contributed by atoms with Crippen molar-refractivity contribution in [3.05, 3.63) is 10.6 Å². The van der Waals surface area contributed by atoms with Crippen molar-refractivity contribution in [2.75, 3.05) is 12.3 Å². The highest BCUT2D eigenvalue weighted by Crippen LogP contribution is 2.21. The molecule has 0 atom stereocenters. The minimum Gasteiger partial charge on any atom is -0.477 e. The van der Waals surface area contributed by atoms with Crippen molar-refractivity contribution < 1.29 is 14.7 Å². The molecule has 0 radical (unpaired) electrons. The fourth-order valence-electron chi connectivity index (χ4n) is 0.996. The monoisotopic (exact) mass is 243 g/mol. The van der Waals surface area contributed by atoms with Gasteiger partial charge in [0, 0.05) is 6.54 Å². The quantitative estimate of drug-likeness (QED) is 0.725. The van der Waals surface area contributed by atoms with Crippen LogP contribution in [0.15, 0.2) is 0 Å². The molecular formula is C9H13N3O3S. The van der Waals surface area contributed by atoms with Gasteiger partial charge in [-0.1, -0.05) is 13.8 Å². The molecule has 0 bridgehead atoms. The van der Waals surface area contributed by atoms with E-state index in [1.807, 2.05) is 13.8 Å². The Morgan fingerprint density at radius 1 is 1.56 bits per heavy atom. The molecule has 0 aliphatic carbocycles. The van der Waals surface area contributed by atoms with Gasteiger partial charge in [-0.05, 0) is 17.5 Å². The number of nitrogens with two attached hydrogens (primary N) is 1. The molecule has 0 saturated heterocycles. The van der Waals surface area contributed by atoms with Gasteiger partial charge in [-0.15, -0.1) is 0 Å². The van der Waals surface area contributed by atoms with Gasteiger partial charge in [0.05, 0.1) is 5.69 Å². The Morgan fingerprint density at radius 3 is 2.62 bits per heavy atom. The summed E-state index contributed by atoms with van der Waals surface area (Å²) in [5.41, 5.74) is 5.44. The lowest BCUT2D eigenvalue weighted by Gasteiger charge is -2.05. The Hall–Kier alpha value is -1.63. The van der Waals surface area contributed by atoms with Gasteiger partial charge in [-0.3, -0.25) is 4.79 Å². The maximum Gasteiger partial charge on any atom is 0.349 e. The lowest BCUT2D eigenvalue weighted by Crippen LogP contribution is -2.28. The predicted molar refractivity (Wildman–Crippen MR) is 60.7 cm³/mol. The first kappa shape index (κ1) is 12.4. The van der Waals surface area contributed by atoms with E-state index in [0.717, 1.165) is 0 Å². The molecule has 1 aromatic heterocycles. The number of carboxylic acid groups (broad SMARTS) is 1. The van der Waals surface area contributed by atoms with E-state index in [9.17, 15) is 9.59 Å². The minimum absolute atomic E-state index is 0.0111. The molecule has 0 aliphatic heterocycles. The van der Waals surface area contributed by atoms with Crippen molar-refractivity contribution in [3.8, 4) is 0 Å². The number of nitrogens with one attached hydrogen (secondary N) is 1. The fourth-order valence-corrected chi connectivity index (χ4v) is 1.63. The Kier molecular flexibility index (Phi) is 3.83. The number of carbonyl (C=O) groups excluding carboxylic acids is 1. The van der Waals surface area contributed by atoms with Crippen molar-refractivity contribution >= 4 is 29.1 Å². The number of hydrogen-bond donors (Lipinski definition) is 3. The van der Waals surface area contributed by atoms with E-state index in [1.54, 1.807) is 0 Å². The van der Waals surface area contributed by atoms with Crippen LogP contribution in [0, 0.1) is 5.92 Å². The Labute approximate surface area is 96.6 Å². The van der Waals surface area contributed by atoms with E-state index < -0.39 is 11.9 Å². The van der Waals surface area contributed by atoms with E-state index in [-0.39, 0.29) is 16.3 Å². The van der Waals surface area contributed by atoms with Gasteiger partial charge < -0.3 is 16.2 Å². The minimum atomic E-state index is -1.17. The van der Waals surface area contributed by atoms with E-state index in [4.69, 9.17) is 10.8 Å².